The molecular formula is C13H9F2NO4. The molecule has 0 saturated carbocycles. The Labute approximate surface area is 112 Å². The van der Waals surface area contributed by atoms with Gasteiger partial charge in [-0.1, -0.05) is 0 Å². The molecule has 20 heavy (non-hydrogen) atoms. The van der Waals surface area contributed by atoms with Crippen molar-refractivity contribution in [2.75, 3.05) is 0 Å². The Morgan fingerprint density at radius 1 is 1.05 bits per heavy atom. The van der Waals surface area contributed by atoms with Gasteiger partial charge in [0, 0.05) is 6.42 Å². The first-order valence-electron chi connectivity index (χ1n) is 5.77. The van der Waals surface area contributed by atoms with E-state index in [9.17, 15) is 28.0 Å². The van der Waals surface area contributed by atoms with Crippen LogP contribution in [0, 0.1) is 11.6 Å². The molecule has 1 aromatic rings. The molecule has 2 rings (SSSR count). The van der Waals surface area contributed by atoms with Gasteiger partial charge < -0.3 is 9.59 Å². The quantitative estimate of drug-likeness (QED) is 0.598. The molecule has 1 atom stereocenters. The average Bonchev–Trinajstić information content (AvgIpc) is 2.65. The van der Waals surface area contributed by atoms with Crippen LogP contribution in [-0.4, -0.2) is 35.3 Å². The number of hydrogen-bond donors (Lipinski definition) is 0. The third-order valence-corrected chi connectivity index (χ3v) is 3.03. The van der Waals surface area contributed by atoms with Gasteiger partial charge in [-0.2, -0.15) is 0 Å². The van der Waals surface area contributed by atoms with Crippen molar-refractivity contribution in [3.63, 3.8) is 0 Å². The van der Waals surface area contributed by atoms with Gasteiger partial charge in [0.2, 0.25) is 0 Å². The largest absolute Gasteiger partial charge is 0.303 e. The number of rotatable bonds is 5. The molecule has 1 aliphatic heterocycles. The van der Waals surface area contributed by atoms with Gasteiger partial charge >= 0.3 is 0 Å². The number of amides is 2. The van der Waals surface area contributed by atoms with Crippen LogP contribution in [0.15, 0.2) is 12.1 Å². The van der Waals surface area contributed by atoms with Crippen LogP contribution < -0.4 is 0 Å². The third-order valence-electron chi connectivity index (χ3n) is 3.03. The second-order valence-corrected chi connectivity index (χ2v) is 4.24. The Kier molecular flexibility index (Phi) is 3.69. The molecule has 1 unspecified atom stereocenters. The number of carbonyl (C=O) groups excluding carboxylic acids is 4. The number of fused-ring (bicyclic) bond motifs is 1. The molecule has 104 valence electrons. The second kappa shape index (κ2) is 5.28. The monoisotopic (exact) mass is 281 g/mol. The lowest BCUT2D eigenvalue weighted by atomic mass is 10.1. The Morgan fingerprint density at radius 3 is 1.95 bits per heavy atom. The smallest absolute Gasteiger partial charge is 0.262 e. The summed E-state index contributed by atoms with van der Waals surface area (Å²) in [5.74, 6) is -4.23. The van der Waals surface area contributed by atoms with Crippen LogP contribution in [0.3, 0.4) is 0 Å². The topological polar surface area (TPSA) is 71.5 Å². The predicted octanol–water partition coefficient (Wildman–Crippen LogP) is 1.11. The molecule has 0 radical (unpaired) electrons. The SMILES string of the molecule is O=CCCC(C=O)N1C(=O)c2cc(F)c(F)cc2C1=O. The Balaban J connectivity index is 2.40. The number of hydrogen-bond acceptors (Lipinski definition) is 4. The summed E-state index contributed by atoms with van der Waals surface area (Å²) in [7, 11) is 0. The van der Waals surface area contributed by atoms with Crippen LogP contribution in [0.5, 0.6) is 0 Å². The van der Waals surface area contributed by atoms with Crippen LogP contribution in [-0.2, 0) is 9.59 Å². The normalized spacial score (nSPS) is 15.2. The summed E-state index contributed by atoms with van der Waals surface area (Å²) < 4.78 is 26.2. The average molecular weight is 281 g/mol. The molecule has 5 nitrogen and oxygen atoms in total. The van der Waals surface area contributed by atoms with E-state index in [0.29, 0.717) is 29.6 Å². The van der Waals surface area contributed by atoms with Crippen molar-refractivity contribution in [1.29, 1.82) is 0 Å². The van der Waals surface area contributed by atoms with Gasteiger partial charge in [-0.15, -0.1) is 0 Å². The molecule has 7 heteroatoms. The highest BCUT2D eigenvalue weighted by molar-refractivity contribution is 6.22. The lowest BCUT2D eigenvalue weighted by Crippen LogP contribution is -2.40. The first kappa shape index (κ1) is 14.0. The molecule has 0 spiro atoms. The van der Waals surface area contributed by atoms with Gasteiger partial charge in [0.15, 0.2) is 11.6 Å². The van der Waals surface area contributed by atoms with Gasteiger partial charge in [-0.25, -0.2) is 8.78 Å². The number of carbonyl (C=O) groups is 4. The maximum absolute atomic E-state index is 13.1. The van der Waals surface area contributed by atoms with Crippen molar-refractivity contribution < 1.29 is 28.0 Å². The van der Waals surface area contributed by atoms with E-state index in [1.165, 1.54) is 0 Å². The molecule has 0 aromatic heterocycles. The van der Waals surface area contributed by atoms with Gasteiger partial charge in [0.25, 0.3) is 11.8 Å². The van der Waals surface area contributed by atoms with Gasteiger partial charge in [-0.3, -0.25) is 14.5 Å². The van der Waals surface area contributed by atoms with Gasteiger partial charge in [-0.05, 0) is 18.6 Å². The van der Waals surface area contributed by atoms with Crippen molar-refractivity contribution in [1.82, 2.24) is 4.90 Å². The molecule has 1 aromatic carbocycles. The zero-order valence-electron chi connectivity index (χ0n) is 10.1. The number of nitrogens with zero attached hydrogens (tertiary/aromatic N) is 1. The molecule has 1 heterocycles. The predicted molar refractivity (Wildman–Crippen MR) is 62.0 cm³/mol. The Bertz CT molecular complexity index is 574. The third kappa shape index (κ3) is 2.11. The number of imide groups is 1. The number of benzene rings is 1. The summed E-state index contributed by atoms with van der Waals surface area (Å²) in [5.41, 5.74) is -0.571. The van der Waals surface area contributed by atoms with Gasteiger partial charge in [0.1, 0.15) is 12.6 Å². The fourth-order valence-electron chi connectivity index (χ4n) is 2.05. The highest BCUT2D eigenvalue weighted by Crippen LogP contribution is 2.27. The number of halogens is 2. The fourth-order valence-corrected chi connectivity index (χ4v) is 2.05. The van der Waals surface area contributed by atoms with E-state index in [2.05, 4.69) is 0 Å². The van der Waals surface area contributed by atoms with Crippen molar-refractivity contribution >= 4 is 24.4 Å². The highest BCUT2D eigenvalue weighted by Gasteiger charge is 2.40. The van der Waals surface area contributed by atoms with Crippen molar-refractivity contribution in [2.24, 2.45) is 0 Å². The van der Waals surface area contributed by atoms with Crippen LogP contribution in [0.1, 0.15) is 33.6 Å². The van der Waals surface area contributed by atoms with Crippen LogP contribution >= 0.6 is 0 Å². The lowest BCUT2D eigenvalue weighted by Gasteiger charge is -2.20. The first-order chi connectivity index (χ1) is 9.51. The number of aldehydes is 2. The summed E-state index contributed by atoms with van der Waals surface area (Å²) in [4.78, 5) is 45.9. The molecular weight excluding hydrogens is 272 g/mol. The molecule has 0 fully saturated rings. The molecule has 0 saturated heterocycles. The maximum Gasteiger partial charge on any atom is 0.262 e. The van der Waals surface area contributed by atoms with E-state index in [4.69, 9.17) is 0 Å². The molecule has 0 bridgehead atoms. The van der Waals surface area contributed by atoms with Gasteiger partial charge in [0.05, 0.1) is 17.2 Å². The molecule has 0 aliphatic carbocycles. The molecule has 0 N–H and O–H groups in total. The molecule has 2 amide bonds. The Morgan fingerprint density at radius 2 is 1.55 bits per heavy atom. The summed E-state index contributed by atoms with van der Waals surface area (Å²) in [5, 5.41) is 0. The standard InChI is InChI=1S/C13H9F2NO4/c14-10-4-8-9(5-11(10)15)13(20)16(12(8)19)7(6-18)2-1-3-17/h3-7H,1-2H2. The van der Waals surface area contributed by atoms with Crippen molar-refractivity contribution in [2.45, 2.75) is 18.9 Å². The second-order valence-electron chi connectivity index (χ2n) is 4.24. The van der Waals surface area contributed by atoms with Crippen LogP contribution in [0.25, 0.3) is 0 Å². The maximum atomic E-state index is 13.1. The van der Waals surface area contributed by atoms with Crippen LogP contribution in [0.4, 0.5) is 8.78 Å². The van der Waals surface area contributed by atoms with E-state index < -0.39 is 29.5 Å². The minimum absolute atomic E-state index is 0.0144. The first-order valence-corrected chi connectivity index (χ1v) is 5.77. The zero-order valence-corrected chi connectivity index (χ0v) is 10.1. The fraction of sp³-hybridized carbons (Fsp3) is 0.231. The van der Waals surface area contributed by atoms with E-state index in [1.54, 1.807) is 0 Å². The van der Waals surface area contributed by atoms with Crippen molar-refractivity contribution in [3.05, 3.63) is 34.9 Å². The summed E-state index contributed by atoms with van der Waals surface area (Å²) in [6.07, 6.45) is 0.870. The minimum atomic E-state index is -1.25. The lowest BCUT2D eigenvalue weighted by molar-refractivity contribution is -0.112. The minimum Gasteiger partial charge on any atom is -0.303 e. The van der Waals surface area contributed by atoms with Crippen molar-refractivity contribution in [3.8, 4) is 0 Å². The highest BCUT2D eigenvalue weighted by atomic mass is 19.2. The van der Waals surface area contributed by atoms with E-state index in [0.717, 1.165) is 0 Å². The summed E-state index contributed by atoms with van der Waals surface area (Å²) in [6.45, 7) is 0. The molecule has 1 aliphatic rings. The van der Waals surface area contributed by atoms with E-state index >= 15 is 0 Å². The Hall–Kier alpha value is -2.44. The summed E-state index contributed by atoms with van der Waals surface area (Å²) in [6, 6.07) is 0.137. The summed E-state index contributed by atoms with van der Waals surface area (Å²) >= 11 is 0. The van der Waals surface area contributed by atoms with E-state index in [1.807, 2.05) is 0 Å². The van der Waals surface area contributed by atoms with Crippen LogP contribution in [0.2, 0.25) is 0 Å². The van der Waals surface area contributed by atoms with E-state index in [-0.39, 0.29) is 24.0 Å². The zero-order chi connectivity index (χ0) is 14.9.